The first-order valence-corrected chi connectivity index (χ1v) is 9.15. The number of hydrogen-bond acceptors (Lipinski definition) is 3. The molecule has 0 aromatic heterocycles. The molecule has 0 bridgehead atoms. The summed E-state index contributed by atoms with van der Waals surface area (Å²) in [4.78, 5) is 10.9. The number of allylic oxidation sites excluding steroid dienone is 6. The molecule has 1 aliphatic rings. The van der Waals surface area contributed by atoms with Gasteiger partial charge in [-0.3, -0.25) is 4.79 Å². The topological polar surface area (TPSA) is 38.8 Å². The van der Waals surface area contributed by atoms with Gasteiger partial charge in [0, 0.05) is 6.42 Å². The number of epoxide rings is 1. The van der Waals surface area contributed by atoms with Crippen LogP contribution in [0.4, 0.5) is 0 Å². The second kappa shape index (κ2) is 13.8. The van der Waals surface area contributed by atoms with E-state index in [0.29, 0.717) is 12.5 Å². The monoisotopic (exact) mass is 332 g/mol. The van der Waals surface area contributed by atoms with Crippen LogP contribution in [0.2, 0.25) is 0 Å². The highest BCUT2D eigenvalue weighted by molar-refractivity contribution is 5.69. The maximum absolute atomic E-state index is 10.9. The minimum Gasteiger partial charge on any atom is -0.469 e. The van der Waals surface area contributed by atoms with Gasteiger partial charge in [0.15, 0.2) is 0 Å². The number of hydrogen-bond donors (Lipinski definition) is 0. The second-order valence-corrected chi connectivity index (χ2v) is 6.01. The largest absolute Gasteiger partial charge is 0.469 e. The smallest absolute Gasteiger partial charge is 0.305 e. The maximum atomic E-state index is 10.9. The van der Waals surface area contributed by atoms with E-state index < -0.39 is 0 Å². The van der Waals surface area contributed by atoms with Crippen LogP contribution in [0, 0.1) is 0 Å². The highest BCUT2D eigenvalue weighted by atomic mass is 16.6. The van der Waals surface area contributed by atoms with Crippen molar-refractivity contribution in [3.05, 3.63) is 48.6 Å². The average molecular weight is 332 g/mol. The molecular weight excluding hydrogens is 300 g/mol. The zero-order chi connectivity index (χ0) is 17.5. The first-order valence-electron chi connectivity index (χ1n) is 9.15. The van der Waals surface area contributed by atoms with Crippen molar-refractivity contribution in [1.29, 1.82) is 0 Å². The lowest BCUT2D eigenvalue weighted by Gasteiger charge is -1.94. The zero-order valence-electron chi connectivity index (χ0n) is 15.2. The van der Waals surface area contributed by atoms with E-state index in [2.05, 4.69) is 36.0 Å². The number of unbranched alkanes of at least 4 members (excludes halogenated alkanes) is 4. The van der Waals surface area contributed by atoms with Gasteiger partial charge in [0.2, 0.25) is 0 Å². The Morgan fingerprint density at radius 2 is 1.79 bits per heavy atom. The highest BCUT2D eigenvalue weighted by Crippen LogP contribution is 2.26. The molecule has 0 N–H and O–H groups in total. The molecule has 1 saturated heterocycles. The summed E-state index contributed by atoms with van der Waals surface area (Å²) in [7, 11) is 1.42. The summed E-state index contributed by atoms with van der Waals surface area (Å²) in [6.07, 6.45) is 25.7. The quantitative estimate of drug-likeness (QED) is 0.151. The predicted octanol–water partition coefficient (Wildman–Crippen LogP) is 5.29. The molecule has 1 aliphatic heterocycles. The number of ether oxygens (including phenoxy) is 2. The zero-order valence-corrected chi connectivity index (χ0v) is 15.2. The number of carbonyl (C=O) groups is 1. The normalized spacial score (nSPS) is 20.8. The Labute approximate surface area is 147 Å². The first kappa shape index (κ1) is 20.4. The van der Waals surface area contributed by atoms with Crippen LogP contribution in [0.1, 0.15) is 58.3 Å². The van der Waals surface area contributed by atoms with Crippen molar-refractivity contribution in [3.63, 3.8) is 0 Å². The van der Waals surface area contributed by atoms with E-state index in [1.165, 1.54) is 32.8 Å². The van der Waals surface area contributed by atoms with Crippen LogP contribution in [0.3, 0.4) is 0 Å². The molecule has 2 unspecified atom stereocenters. The number of carbonyl (C=O) groups excluding carboxylic acids is 1. The molecular formula is C21H32O3. The van der Waals surface area contributed by atoms with Crippen molar-refractivity contribution in [2.45, 2.75) is 70.5 Å². The first-order chi connectivity index (χ1) is 11.8. The van der Waals surface area contributed by atoms with Gasteiger partial charge in [-0.25, -0.2) is 0 Å². The van der Waals surface area contributed by atoms with Crippen molar-refractivity contribution < 1.29 is 14.3 Å². The second-order valence-electron chi connectivity index (χ2n) is 6.01. The SMILES string of the molecule is CCCCCC=CCC1OC1C=CC=CC=CCCCC(=O)OC. The van der Waals surface area contributed by atoms with E-state index in [9.17, 15) is 4.79 Å². The Balaban J connectivity index is 2.00. The molecule has 1 fully saturated rings. The van der Waals surface area contributed by atoms with E-state index in [-0.39, 0.29) is 12.1 Å². The van der Waals surface area contributed by atoms with Gasteiger partial charge in [0.05, 0.1) is 13.2 Å². The molecule has 3 heteroatoms. The molecule has 0 saturated carbocycles. The minimum absolute atomic E-state index is 0.142. The summed E-state index contributed by atoms with van der Waals surface area (Å²) in [5.74, 6) is -0.142. The lowest BCUT2D eigenvalue weighted by Crippen LogP contribution is -1.98. The van der Waals surface area contributed by atoms with Crippen LogP contribution >= 0.6 is 0 Å². The van der Waals surface area contributed by atoms with Crippen LogP contribution in [-0.2, 0) is 14.3 Å². The fraction of sp³-hybridized carbons (Fsp3) is 0.571. The standard InChI is InChI=1S/C21H32O3/c1-3-4-5-6-10-13-16-19-20(24-19)17-14-11-8-7-9-12-15-18-21(22)23-2/h7-11,13-14,17,19-20H,3-6,12,15-16,18H2,1-2H3. The van der Waals surface area contributed by atoms with Gasteiger partial charge in [-0.15, -0.1) is 0 Å². The lowest BCUT2D eigenvalue weighted by molar-refractivity contribution is -0.140. The Bertz CT molecular complexity index is 446. The summed E-state index contributed by atoms with van der Waals surface area (Å²) in [5, 5.41) is 0. The van der Waals surface area contributed by atoms with Gasteiger partial charge in [0.25, 0.3) is 0 Å². The van der Waals surface area contributed by atoms with Crippen LogP contribution in [0.5, 0.6) is 0 Å². The number of esters is 1. The fourth-order valence-corrected chi connectivity index (χ4v) is 2.32. The molecule has 1 rings (SSSR count). The van der Waals surface area contributed by atoms with Crippen molar-refractivity contribution in [3.8, 4) is 0 Å². The summed E-state index contributed by atoms with van der Waals surface area (Å²) < 4.78 is 10.2. The average Bonchev–Trinajstić information content (AvgIpc) is 3.34. The van der Waals surface area contributed by atoms with Gasteiger partial charge >= 0.3 is 5.97 Å². The van der Waals surface area contributed by atoms with Crippen LogP contribution in [0.15, 0.2) is 48.6 Å². The summed E-state index contributed by atoms with van der Waals surface area (Å²) in [6.45, 7) is 2.23. The summed E-state index contributed by atoms with van der Waals surface area (Å²) in [6, 6.07) is 0. The Morgan fingerprint density at radius 3 is 2.58 bits per heavy atom. The molecule has 0 aromatic carbocycles. The number of rotatable bonds is 13. The van der Waals surface area contributed by atoms with Crippen molar-refractivity contribution >= 4 is 5.97 Å². The predicted molar refractivity (Wildman–Crippen MR) is 99.8 cm³/mol. The Morgan fingerprint density at radius 1 is 1.00 bits per heavy atom. The van der Waals surface area contributed by atoms with Crippen LogP contribution in [0.25, 0.3) is 0 Å². The maximum Gasteiger partial charge on any atom is 0.305 e. The third-order valence-corrected chi connectivity index (χ3v) is 3.88. The molecule has 0 amide bonds. The molecule has 24 heavy (non-hydrogen) atoms. The Hall–Kier alpha value is -1.61. The van der Waals surface area contributed by atoms with E-state index in [1.54, 1.807) is 0 Å². The molecule has 2 atom stereocenters. The van der Waals surface area contributed by atoms with Crippen molar-refractivity contribution in [2.75, 3.05) is 7.11 Å². The molecule has 0 aliphatic carbocycles. The lowest BCUT2D eigenvalue weighted by atomic mass is 10.1. The highest BCUT2D eigenvalue weighted by Gasteiger charge is 2.34. The fourth-order valence-electron chi connectivity index (χ4n) is 2.32. The molecule has 3 nitrogen and oxygen atoms in total. The minimum atomic E-state index is -0.142. The molecule has 1 heterocycles. The third-order valence-electron chi connectivity index (χ3n) is 3.88. The summed E-state index contributed by atoms with van der Waals surface area (Å²) >= 11 is 0. The van der Waals surface area contributed by atoms with Gasteiger partial charge < -0.3 is 9.47 Å². The van der Waals surface area contributed by atoms with Gasteiger partial charge in [0.1, 0.15) is 6.10 Å². The third kappa shape index (κ3) is 11.0. The molecule has 134 valence electrons. The van der Waals surface area contributed by atoms with Crippen LogP contribution < -0.4 is 0 Å². The van der Waals surface area contributed by atoms with Crippen molar-refractivity contribution in [2.24, 2.45) is 0 Å². The van der Waals surface area contributed by atoms with Gasteiger partial charge in [-0.05, 0) is 32.1 Å². The number of methoxy groups -OCH3 is 1. The molecule has 0 radical (unpaired) electrons. The van der Waals surface area contributed by atoms with Gasteiger partial charge in [-0.2, -0.15) is 0 Å². The summed E-state index contributed by atoms with van der Waals surface area (Å²) in [5.41, 5.74) is 0. The van der Waals surface area contributed by atoms with Crippen LogP contribution in [-0.4, -0.2) is 25.3 Å². The van der Waals surface area contributed by atoms with Gasteiger partial charge in [-0.1, -0.05) is 68.4 Å². The van der Waals surface area contributed by atoms with E-state index in [1.807, 2.05) is 24.3 Å². The van der Waals surface area contributed by atoms with E-state index >= 15 is 0 Å². The molecule has 0 spiro atoms. The van der Waals surface area contributed by atoms with Crippen molar-refractivity contribution in [1.82, 2.24) is 0 Å². The van der Waals surface area contributed by atoms with E-state index in [4.69, 9.17) is 4.74 Å². The van der Waals surface area contributed by atoms with E-state index in [0.717, 1.165) is 19.3 Å². The molecule has 0 aromatic rings. The Kier molecular flexibility index (Phi) is 11.7.